The van der Waals surface area contributed by atoms with Crippen molar-refractivity contribution in [2.45, 2.75) is 27.2 Å². The number of imidazole rings is 1. The van der Waals surface area contributed by atoms with E-state index in [1.165, 1.54) is 33.9 Å². The van der Waals surface area contributed by atoms with Gasteiger partial charge in [-0.1, -0.05) is 23.7 Å². The monoisotopic (exact) mass is 443 g/mol. The second-order valence-electron chi connectivity index (χ2n) is 6.90. The van der Waals surface area contributed by atoms with Crippen molar-refractivity contribution in [3.8, 4) is 5.75 Å². The zero-order chi connectivity index (χ0) is 22.2. The number of carbonyl (C=O) groups is 1. The highest BCUT2D eigenvalue weighted by atomic mass is 35.5. The van der Waals surface area contributed by atoms with Crippen molar-refractivity contribution < 1.29 is 14.3 Å². The van der Waals surface area contributed by atoms with Gasteiger partial charge in [0.1, 0.15) is 30.0 Å². The van der Waals surface area contributed by atoms with Gasteiger partial charge in [-0.05, 0) is 44.4 Å². The number of ether oxygens (including phenoxy) is 2. The van der Waals surface area contributed by atoms with Gasteiger partial charge in [-0.15, -0.1) is 0 Å². The van der Waals surface area contributed by atoms with E-state index in [2.05, 4.69) is 21.0 Å². The molecule has 2 aromatic heterocycles. The van der Waals surface area contributed by atoms with E-state index in [-0.39, 0.29) is 19.2 Å². The zero-order valence-corrected chi connectivity index (χ0v) is 18.7. The molecule has 1 amide bonds. The molecule has 9 heteroatoms. The van der Waals surface area contributed by atoms with Gasteiger partial charge in [0.15, 0.2) is 5.82 Å². The summed E-state index contributed by atoms with van der Waals surface area (Å²) in [5.74, 6) is 1.10. The number of halogens is 1. The van der Waals surface area contributed by atoms with E-state index in [0.717, 1.165) is 17.7 Å². The minimum absolute atomic E-state index is 0.249. The van der Waals surface area contributed by atoms with E-state index in [0.29, 0.717) is 29.7 Å². The Balaban J connectivity index is 1.71. The number of carbonyl (C=O) groups excluding carboxylic acids is 1. The summed E-state index contributed by atoms with van der Waals surface area (Å²) in [5, 5.41) is 0.325. The number of rotatable bonds is 9. The third-order valence-corrected chi connectivity index (χ3v) is 5.15. The summed E-state index contributed by atoms with van der Waals surface area (Å²) in [5.41, 5.74) is 2.81. The fraction of sp³-hybridized carbons (Fsp3) is 0.364. The van der Waals surface area contributed by atoms with Gasteiger partial charge < -0.3 is 9.47 Å². The van der Waals surface area contributed by atoms with Crippen LogP contribution in [-0.2, 0) is 11.2 Å². The highest BCUT2D eigenvalue weighted by Crippen LogP contribution is 2.26. The van der Waals surface area contributed by atoms with E-state index >= 15 is 0 Å². The number of aryl methyl sites for hydroxylation is 2. The predicted octanol–water partition coefficient (Wildman–Crippen LogP) is 4.08. The van der Waals surface area contributed by atoms with Gasteiger partial charge in [0.2, 0.25) is 0 Å². The first-order valence-electron chi connectivity index (χ1n) is 10.1. The second-order valence-corrected chi connectivity index (χ2v) is 7.27. The van der Waals surface area contributed by atoms with Crippen molar-refractivity contribution in [2.24, 2.45) is 0 Å². The van der Waals surface area contributed by atoms with Crippen LogP contribution in [0, 0.1) is 13.8 Å². The fourth-order valence-corrected chi connectivity index (χ4v) is 3.25. The summed E-state index contributed by atoms with van der Waals surface area (Å²) >= 11 is 6.39. The summed E-state index contributed by atoms with van der Waals surface area (Å²) < 4.78 is 12.8. The number of aromatic nitrogens is 4. The lowest BCUT2D eigenvalue weighted by Crippen LogP contribution is -2.38. The Labute approximate surface area is 186 Å². The maximum absolute atomic E-state index is 13.0. The van der Waals surface area contributed by atoms with Crippen LogP contribution in [0.25, 0.3) is 0 Å². The molecule has 3 aromatic rings. The first-order chi connectivity index (χ1) is 15.0. The summed E-state index contributed by atoms with van der Waals surface area (Å²) in [6.45, 7) is 7.67. The molecule has 3 rings (SSSR count). The van der Waals surface area contributed by atoms with Crippen molar-refractivity contribution in [3.63, 3.8) is 0 Å². The van der Waals surface area contributed by atoms with E-state index in [1.807, 2.05) is 26.0 Å². The maximum atomic E-state index is 13.0. The Bertz CT molecular complexity index is 1010. The van der Waals surface area contributed by atoms with Crippen LogP contribution < -0.4 is 9.64 Å². The second kappa shape index (κ2) is 10.9. The maximum Gasteiger partial charge on any atom is 0.335 e. The molecule has 0 unspecified atom stereocenters. The van der Waals surface area contributed by atoms with E-state index < -0.39 is 0 Å². The van der Waals surface area contributed by atoms with Gasteiger partial charge in [-0.3, -0.25) is 9.47 Å². The third kappa shape index (κ3) is 5.80. The van der Waals surface area contributed by atoms with E-state index in [4.69, 9.17) is 21.1 Å². The Morgan fingerprint density at radius 1 is 1.23 bits per heavy atom. The summed E-state index contributed by atoms with van der Waals surface area (Å²) in [7, 11) is 0. The normalized spacial score (nSPS) is 10.8. The zero-order valence-electron chi connectivity index (χ0n) is 17.9. The van der Waals surface area contributed by atoms with Crippen LogP contribution in [0.5, 0.6) is 5.75 Å². The van der Waals surface area contributed by atoms with E-state index in [1.54, 1.807) is 13.1 Å². The van der Waals surface area contributed by atoms with Gasteiger partial charge in [0.05, 0.1) is 18.8 Å². The van der Waals surface area contributed by atoms with Crippen LogP contribution in [0.3, 0.4) is 0 Å². The lowest BCUT2D eigenvalue weighted by Gasteiger charge is -2.23. The van der Waals surface area contributed by atoms with Crippen LogP contribution >= 0.6 is 11.6 Å². The van der Waals surface area contributed by atoms with Crippen molar-refractivity contribution >= 4 is 23.4 Å². The molecule has 0 fully saturated rings. The lowest BCUT2D eigenvalue weighted by atomic mass is 10.1. The Kier molecular flexibility index (Phi) is 7.97. The standard InChI is InChI=1S/C22H26ClN5O3/c1-4-30-11-7-18-5-6-19(16(2)13-18)31-12-10-28(22(29)27-9-8-24-15-27)21-20(23)17(3)25-14-26-21/h5-6,8-9,13-15H,4,7,10-12H2,1-3H3. The van der Waals surface area contributed by atoms with Crippen molar-refractivity contribution in [2.75, 3.05) is 31.3 Å². The average Bonchev–Trinajstić information content (AvgIpc) is 3.30. The summed E-state index contributed by atoms with van der Waals surface area (Å²) in [6, 6.07) is 5.73. The molecule has 0 atom stereocenters. The van der Waals surface area contributed by atoms with Gasteiger partial charge in [0, 0.05) is 19.0 Å². The topological polar surface area (TPSA) is 82.4 Å². The highest BCUT2D eigenvalue weighted by molar-refractivity contribution is 6.34. The Hall–Kier alpha value is -2.97. The lowest BCUT2D eigenvalue weighted by molar-refractivity contribution is 0.151. The van der Waals surface area contributed by atoms with E-state index in [9.17, 15) is 4.79 Å². The van der Waals surface area contributed by atoms with Crippen molar-refractivity contribution in [1.29, 1.82) is 0 Å². The van der Waals surface area contributed by atoms with Gasteiger partial charge in [-0.25, -0.2) is 19.7 Å². The first-order valence-corrected chi connectivity index (χ1v) is 10.5. The highest BCUT2D eigenvalue weighted by Gasteiger charge is 2.22. The molecule has 0 aliphatic rings. The molecule has 0 spiro atoms. The number of hydrogen-bond donors (Lipinski definition) is 0. The average molecular weight is 444 g/mol. The first kappa shape index (κ1) is 22.7. The number of hydrogen-bond acceptors (Lipinski definition) is 6. The molecule has 0 aliphatic heterocycles. The molecule has 0 saturated carbocycles. The number of nitrogens with zero attached hydrogens (tertiary/aromatic N) is 5. The smallest absolute Gasteiger partial charge is 0.335 e. The molecule has 0 bridgehead atoms. The molecule has 0 radical (unpaired) electrons. The molecular formula is C22H26ClN5O3. The molecule has 0 aliphatic carbocycles. The van der Waals surface area contributed by atoms with Crippen LogP contribution in [0.15, 0.2) is 43.2 Å². The molecular weight excluding hydrogens is 418 g/mol. The largest absolute Gasteiger partial charge is 0.491 e. The predicted molar refractivity (Wildman–Crippen MR) is 119 cm³/mol. The molecule has 31 heavy (non-hydrogen) atoms. The van der Waals surface area contributed by atoms with Gasteiger partial charge >= 0.3 is 6.03 Å². The molecule has 164 valence electrons. The SMILES string of the molecule is CCOCCc1ccc(OCCN(C(=O)n2ccnc2)c2ncnc(C)c2Cl)c(C)c1. The quantitative estimate of drug-likeness (QED) is 0.463. The summed E-state index contributed by atoms with van der Waals surface area (Å²) in [6.07, 6.45) is 6.78. The summed E-state index contributed by atoms with van der Waals surface area (Å²) in [4.78, 5) is 26.7. The molecule has 1 aromatic carbocycles. The Morgan fingerprint density at radius 3 is 2.77 bits per heavy atom. The van der Waals surface area contributed by atoms with Crippen LogP contribution in [0.2, 0.25) is 5.02 Å². The minimum atomic E-state index is -0.330. The minimum Gasteiger partial charge on any atom is -0.491 e. The third-order valence-electron chi connectivity index (χ3n) is 4.71. The van der Waals surface area contributed by atoms with Gasteiger partial charge in [-0.2, -0.15) is 0 Å². The molecule has 0 saturated heterocycles. The van der Waals surface area contributed by atoms with Crippen molar-refractivity contribution in [3.05, 3.63) is 65.1 Å². The molecule has 2 heterocycles. The number of anilines is 1. The van der Waals surface area contributed by atoms with Gasteiger partial charge in [0.25, 0.3) is 0 Å². The molecule has 8 nitrogen and oxygen atoms in total. The Morgan fingerprint density at radius 2 is 2.06 bits per heavy atom. The number of benzene rings is 1. The van der Waals surface area contributed by atoms with Crippen LogP contribution in [-0.4, -0.2) is 51.9 Å². The molecule has 0 N–H and O–H groups in total. The van der Waals surface area contributed by atoms with Crippen LogP contribution in [0.1, 0.15) is 23.7 Å². The van der Waals surface area contributed by atoms with Crippen molar-refractivity contribution in [1.82, 2.24) is 19.5 Å². The fourth-order valence-electron chi connectivity index (χ4n) is 3.05. The van der Waals surface area contributed by atoms with Crippen LogP contribution in [0.4, 0.5) is 10.6 Å². The number of amides is 1.